The lowest BCUT2D eigenvalue weighted by atomic mass is 9.74. The summed E-state index contributed by atoms with van der Waals surface area (Å²) < 4.78 is 0. The van der Waals surface area contributed by atoms with Gasteiger partial charge in [-0.25, -0.2) is 4.98 Å². The zero-order chi connectivity index (χ0) is 18.0. The minimum absolute atomic E-state index is 0.0803. The van der Waals surface area contributed by atoms with Gasteiger partial charge in [-0.15, -0.1) is 11.6 Å². The lowest BCUT2D eigenvalue weighted by molar-refractivity contribution is -0.130. The predicted octanol–water partition coefficient (Wildman–Crippen LogP) is 2.10. The number of amides is 1. The second-order valence-corrected chi connectivity index (χ2v) is 7.50. The van der Waals surface area contributed by atoms with E-state index in [-0.39, 0.29) is 29.3 Å². The maximum absolute atomic E-state index is 12.5. The fourth-order valence-electron chi connectivity index (χ4n) is 3.84. The Hall–Kier alpha value is -2.07. The zero-order valence-electron chi connectivity index (χ0n) is 14.4. The van der Waals surface area contributed by atoms with E-state index in [1.807, 2.05) is 13.0 Å². The van der Waals surface area contributed by atoms with Crippen molar-refractivity contribution in [2.75, 3.05) is 17.7 Å². The van der Waals surface area contributed by atoms with E-state index < -0.39 is 0 Å². The molecular weight excluding hydrogens is 340 g/mol. The van der Waals surface area contributed by atoms with Crippen LogP contribution in [0.25, 0.3) is 0 Å². The molecule has 1 aliphatic carbocycles. The van der Waals surface area contributed by atoms with E-state index >= 15 is 0 Å². The smallest absolute Gasteiger partial charge is 0.225 e. The Morgan fingerprint density at radius 3 is 2.96 bits per heavy atom. The Morgan fingerprint density at radius 2 is 2.24 bits per heavy atom. The third-order valence-corrected chi connectivity index (χ3v) is 5.64. The van der Waals surface area contributed by atoms with Crippen molar-refractivity contribution in [2.24, 2.45) is 11.8 Å². The fraction of sp³-hybridized carbons (Fsp3) is 0.647. The third kappa shape index (κ3) is 3.79. The number of fused-ring (bicyclic) bond motifs is 1. The summed E-state index contributed by atoms with van der Waals surface area (Å²) in [6.45, 7) is 1.96. The maximum atomic E-state index is 12.5. The number of nitriles is 1. The average molecular weight is 363 g/mol. The van der Waals surface area contributed by atoms with Crippen LogP contribution in [0.15, 0.2) is 6.20 Å². The highest BCUT2D eigenvalue weighted by Gasteiger charge is 2.41. The molecule has 5 atom stereocenters. The number of halogens is 1. The van der Waals surface area contributed by atoms with Gasteiger partial charge in [0, 0.05) is 24.5 Å². The average Bonchev–Trinajstić information content (AvgIpc) is 2.61. The molecule has 134 valence electrons. The van der Waals surface area contributed by atoms with Crippen molar-refractivity contribution < 1.29 is 4.79 Å². The van der Waals surface area contributed by atoms with Gasteiger partial charge in [-0.3, -0.25) is 4.79 Å². The van der Waals surface area contributed by atoms with Crippen molar-refractivity contribution in [3.63, 3.8) is 0 Å². The molecule has 1 aliphatic heterocycles. The number of aromatic nitrogens is 2. The molecule has 3 rings (SSSR count). The van der Waals surface area contributed by atoms with Gasteiger partial charge in [0.05, 0.1) is 12.1 Å². The van der Waals surface area contributed by atoms with Gasteiger partial charge < -0.3 is 16.0 Å². The molecule has 0 spiro atoms. The van der Waals surface area contributed by atoms with Crippen molar-refractivity contribution in [2.45, 2.75) is 50.1 Å². The number of hydrogen-bond acceptors (Lipinski definition) is 6. The summed E-state index contributed by atoms with van der Waals surface area (Å²) in [4.78, 5) is 21.0. The number of nitrogens with one attached hydrogen (secondary N) is 3. The van der Waals surface area contributed by atoms with Crippen LogP contribution in [-0.4, -0.2) is 40.4 Å². The minimum Gasteiger partial charge on any atom is -0.372 e. The maximum Gasteiger partial charge on any atom is 0.225 e. The third-order valence-electron chi connectivity index (χ3n) is 5.25. The number of hydrogen-bond donors (Lipinski definition) is 3. The van der Waals surface area contributed by atoms with Gasteiger partial charge in [-0.05, 0) is 38.5 Å². The highest BCUT2D eigenvalue weighted by Crippen LogP contribution is 2.36. The van der Waals surface area contributed by atoms with E-state index in [0.29, 0.717) is 23.2 Å². The Morgan fingerprint density at radius 1 is 1.44 bits per heavy atom. The van der Waals surface area contributed by atoms with Gasteiger partial charge in [0.25, 0.3) is 0 Å². The van der Waals surface area contributed by atoms with Crippen molar-refractivity contribution >= 4 is 29.3 Å². The van der Waals surface area contributed by atoms with E-state index in [0.717, 1.165) is 25.7 Å². The van der Waals surface area contributed by atoms with E-state index in [4.69, 9.17) is 16.9 Å². The summed E-state index contributed by atoms with van der Waals surface area (Å²) >= 11 is 6.31. The van der Waals surface area contributed by atoms with E-state index in [9.17, 15) is 4.79 Å². The molecule has 1 amide bonds. The van der Waals surface area contributed by atoms with Crippen LogP contribution in [-0.2, 0) is 4.79 Å². The van der Waals surface area contributed by atoms with Crippen LogP contribution in [0.5, 0.6) is 0 Å². The molecule has 7 nitrogen and oxygen atoms in total. The SMILES string of the molecule is CNc1nc(N[C@@H](C)C2CC3CC(Cl)CCC3NC2=O)ncc1C#N. The summed E-state index contributed by atoms with van der Waals surface area (Å²) in [5, 5.41) is 18.5. The molecule has 1 aromatic rings. The molecule has 2 aliphatic rings. The summed E-state index contributed by atoms with van der Waals surface area (Å²) in [6.07, 6.45) is 5.18. The van der Waals surface area contributed by atoms with E-state index in [1.54, 1.807) is 7.05 Å². The predicted molar refractivity (Wildman–Crippen MR) is 96.4 cm³/mol. The molecular formula is C17H23ClN6O. The van der Waals surface area contributed by atoms with Gasteiger partial charge in [-0.1, -0.05) is 0 Å². The van der Waals surface area contributed by atoms with E-state index in [1.165, 1.54) is 6.20 Å². The number of piperidine rings is 1. The van der Waals surface area contributed by atoms with Crippen LogP contribution in [0.2, 0.25) is 0 Å². The van der Waals surface area contributed by atoms with Gasteiger partial charge in [0.1, 0.15) is 17.5 Å². The lowest BCUT2D eigenvalue weighted by Crippen LogP contribution is -2.55. The summed E-state index contributed by atoms with van der Waals surface area (Å²) in [5.41, 5.74) is 0.384. The van der Waals surface area contributed by atoms with Crippen molar-refractivity contribution in [1.82, 2.24) is 15.3 Å². The number of nitrogens with zero attached hydrogens (tertiary/aromatic N) is 3. The molecule has 3 N–H and O–H groups in total. The topological polar surface area (TPSA) is 103 Å². The number of anilines is 2. The molecule has 0 bridgehead atoms. The Balaban J connectivity index is 1.69. The molecule has 1 saturated heterocycles. The molecule has 2 heterocycles. The first-order chi connectivity index (χ1) is 12.0. The Labute approximate surface area is 152 Å². The van der Waals surface area contributed by atoms with Crippen molar-refractivity contribution in [3.05, 3.63) is 11.8 Å². The standard InChI is InChI=1S/C17H23ClN6O/c1-9(22-17-21-8-11(7-19)15(20-2)24-17)13-6-10-5-12(18)3-4-14(10)23-16(13)25/h8-10,12-14H,3-6H2,1-2H3,(H,23,25)(H2,20,21,22,24)/t9-,10?,12?,13?,14?/m0/s1. The van der Waals surface area contributed by atoms with Crippen LogP contribution in [0, 0.1) is 23.2 Å². The number of carbonyl (C=O) groups excluding carboxylic acids is 1. The van der Waals surface area contributed by atoms with Crippen molar-refractivity contribution in [1.29, 1.82) is 5.26 Å². The zero-order valence-corrected chi connectivity index (χ0v) is 15.2. The molecule has 25 heavy (non-hydrogen) atoms. The molecule has 0 radical (unpaired) electrons. The van der Waals surface area contributed by atoms with Crippen LogP contribution < -0.4 is 16.0 Å². The molecule has 0 aromatic carbocycles. The quantitative estimate of drug-likeness (QED) is 0.709. The number of alkyl halides is 1. The van der Waals surface area contributed by atoms with Crippen LogP contribution in [0.4, 0.5) is 11.8 Å². The van der Waals surface area contributed by atoms with Gasteiger partial charge in [0.2, 0.25) is 11.9 Å². The molecule has 4 unspecified atom stereocenters. The van der Waals surface area contributed by atoms with Gasteiger partial charge >= 0.3 is 0 Å². The van der Waals surface area contributed by atoms with Crippen LogP contribution in [0.3, 0.4) is 0 Å². The first kappa shape index (κ1) is 17.7. The first-order valence-electron chi connectivity index (χ1n) is 8.67. The minimum atomic E-state index is -0.152. The molecule has 1 aromatic heterocycles. The molecule has 8 heteroatoms. The first-order valence-corrected chi connectivity index (χ1v) is 9.11. The normalized spacial score (nSPS) is 29.8. The highest BCUT2D eigenvalue weighted by atomic mass is 35.5. The number of rotatable bonds is 4. The second kappa shape index (κ2) is 7.44. The van der Waals surface area contributed by atoms with Gasteiger partial charge in [-0.2, -0.15) is 10.2 Å². The summed E-state index contributed by atoms with van der Waals surface area (Å²) in [7, 11) is 1.71. The monoisotopic (exact) mass is 362 g/mol. The highest BCUT2D eigenvalue weighted by molar-refractivity contribution is 6.20. The van der Waals surface area contributed by atoms with Crippen molar-refractivity contribution in [3.8, 4) is 6.07 Å². The molecule has 2 fully saturated rings. The van der Waals surface area contributed by atoms with E-state index in [2.05, 4.69) is 25.9 Å². The largest absolute Gasteiger partial charge is 0.372 e. The van der Waals surface area contributed by atoms with Gasteiger partial charge in [0.15, 0.2) is 0 Å². The van der Waals surface area contributed by atoms with Crippen LogP contribution in [0.1, 0.15) is 38.2 Å². The second-order valence-electron chi connectivity index (χ2n) is 6.88. The fourth-order valence-corrected chi connectivity index (χ4v) is 4.19. The summed E-state index contributed by atoms with van der Waals surface area (Å²) in [6, 6.07) is 2.18. The molecule has 1 saturated carbocycles. The summed E-state index contributed by atoms with van der Waals surface area (Å²) in [5.74, 6) is 1.23. The Bertz CT molecular complexity index is 690. The van der Waals surface area contributed by atoms with Crippen LogP contribution >= 0.6 is 11.6 Å². The number of carbonyl (C=O) groups is 1. The Kier molecular flexibility index (Phi) is 5.28. The lowest BCUT2D eigenvalue weighted by Gasteiger charge is -2.42.